The first kappa shape index (κ1) is 15.9. The van der Waals surface area contributed by atoms with Gasteiger partial charge in [0, 0.05) is 5.56 Å². The lowest BCUT2D eigenvalue weighted by Gasteiger charge is -2.01. The molecule has 2 N–H and O–H groups in total. The second-order valence-corrected chi connectivity index (χ2v) is 4.47. The number of aromatic hydroxyl groups is 1. The zero-order valence-corrected chi connectivity index (χ0v) is 11.4. The molecule has 9 heteroatoms. The van der Waals surface area contributed by atoms with Gasteiger partial charge in [-0.1, -0.05) is 11.6 Å². The molecule has 0 aliphatic heterocycles. The van der Waals surface area contributed by atoms with Gasteiger partial charge in [0.1, 0.15) is 11.5 Å². The van der Waals surface area contributed by atoms with Gasteiger partial charge in [0.25, 0.3) is 5.91 Å². The monoisotopic (exact) mass is 332 g/mol. The maximum Gasteiger partial charge on any atom is 0.449 e. The quantitative estimate of drug-likeness (QED) is 0.668. The van der Waals surface area contributed by atoms with E-state index < -0.39 is 17.8 Å². The van der Waals surface area contributed by atoms with Gasteiger partial charge in [-0.3, -0.25) is 4.79 Å². The average Bonchev–Trinajstić information content (AvgIpc) is 2.90. The molecule has 2 rings (SSSR count). The molecule has 0 fully saturated rings. The summed E-state index contributed by atoms with van der Waals surface area (Å²) in [6, 6.07) is 5.57. The minimum absolute atomic E-state index is 0.0162. The Bertz CT molecular complexity index is 726. The van der Waals surface area contributed by atoms with E-state index in [1.165, 1.54) is 18.2 Å². The maximum atomic E-state index is 12.3. The zero-order valence-electron chi connectivity index (χ0n) is 10.7. The fourth-order valence-electron chi connectivity index (χ4n) is 1.44. The number of phenolic OH excluding ortho intramolecular Hbond substituents is 1. The number of phenols is 1. The molecule has 5 nitrogen and oxygen atoms in total. The van der Waals surface area contributed by atoms with Crippen molar-refractivity contribution in [2.24, 2.45) is 5.10 Å². The fourth-order valence-corrected chi connectivity index (χ4v) is 1.62. The first-order chi connectivity index (χ1) is 10.3. The summed E-state index contributed by atoms with van der Waals surface area (Å²) in [4.78, 5) is 11.7. The summed E-state index contributed by atoms with van der Waals surface area (Å²) in [5.74, 6) is -2.17. The Morgan fingerprint density at radius 1 is 1.32 bits per heavy atom. The Hall–Kier alpha value is -2.48. The molecule has 1 amide bonds. The van der Waals surface area contributed by atoms with Crippen LogP contribution in [0.25, 0.3) is 0 Å². The lowest BCUT2D eigenvalue weighted by atomic mass is 10.2. The number of alkyl halides is 3. The van der Waals surface area contributed by atoms with Gasteiger partial charge in [0.15, 0.2) is 0 Å². The summed E-state index contributed by atoms with van der Waals surface area (Å²) in [5.41, 5.74) is 2.21. The second kappa shape index (κ2) is 6.10. The molecule has 0 spiro atoms. The van der Waals surface area contributed by atoms with E-state index in [9.17, 15) is 23.1 Å². The van der Waals surface area contributed by atoms with E-state index in [0.29, 0.717) is 0 Å². The highest BCUT2D eigenvalue weighted by atomic mass is 35.5. The molecule has 0 saturated heterocycles. The van der Waals surface area contributed by atoms with Crippen LogP contribution in [0.2, 0.25) is 5.02 Å². The molecule has 0 radical (unpaired) electrons. The van der Waals surface area contributed by atoms with Crippen LogP contribution in [0.15, 0.2) is 39.9 Å². The second-order valence-electron chi connectivity index (χ2n) is 4.07. The van der Waals surface area contributed by atoms with Crippen LogP contribution in [0.5, 0.6) is 5.75 Å². The van der Waals surface area contributed by atoms with Gasteiger partial charge in [-0.05, 0) is 30.3 Å². The SMILES string of the molecule is O=C(N/N=C/c1ccc(C(F)(F)F)o1)c1ccc(O)c(Cl)c1. The number of hydrogen-bond donors (Lipinski definition) is 2. The standard InChI is InChI=1S/C13H8ClF3N2O3/c14-9-5-7(1-3-10(9)20)12(21)19-18-6-8-2-4-11(22-8)13(15,16)17/h1-6,20H,(H,19,21)/b18-6+. The van der Waals surface area contributed by atoms with Crippen LogP contribution < -0.4 is 5.43 Å². The number of rotatable bonds is 3. The number of furan rings is 1. The van der Waals surface area contributed by atoms with E-state index in [2.05, 4.69) is 14.9 Å². The van der Waals surface area contributed by atoms with E-state index in [1.807, 2.05) is 0 Å². The van der Waals surface area contributed by atoms with Crippen LogP contribution in [0.4, 0.5) is 13.2 Å². The average molecular weight is 333 g/mol. The lowest BCUT2D eigenvalue weighted by molar-refractivity contribution is -0.153. The molecule has 2 aromatic rings. The van der Waals surface area contributed by atoms with Crippen molar-refractivity contribution in [1.29, 1.82) is 0 Å². The van der Waals surface area contributed by atoms with E-state index in [1.54, 1.807) is 0 Å². The van der Waals surface area contributed by atoms with E-state index in [4.69, 9.17) is 11.6 Å². The number of halogens is 4. The van der Waals surface area contributed by atoms with Crippen molar-refractivity contribution in [3.05, 3.63) is 52.4 Å². The third-order valence-electron chi connectivity index (χ3n) is 2.47. The Labute approximate surface area is 127 Å². The van der Waals surface area contributed by atoms with E-state index in [0.717, 1.165) is 18.3 Å². The minimum Gasteiger partial charge on any atom is -0.506 e. The Morgan fingerprint density at radius 2 is 2.05 bits per heavy atom. The highest BCUT2D eigenvalue weighted by Crippen LogP contribution is 2.30. The lowest BCUT2D eigenvalue weighted by Crippen LogP contribution is -2.17. The summed E-state index contributed by atoms with van der Waals surface area (Å²) in [5, 5.41) is 12.7. The maximum absolute atomic E-state index is 12.3. The van der Waals surface area contributed by atoms with Crippen molar-refractivity contribution in [3.63, 3.8) is 0 Å². The van der Waals surface area contributed by atoms with Crippen LogP contribution in [0, 0.1) is 0 Å². The van der Waals surface area contributed by atoms with Crippen molar-refractivity contribution in [2.75, 3.05) is 0 Å². The van der Waals surface area contributed by atoms with Crippen LogP contribution in [0.3, 0.4) is 0 Å². The molecule has 0 unspecified atom stereocenters. The molecule has 0 aliphatic carbocycles. The molecule has 0 aliphatic rings. The number of hydrogen-bond acceptors (Lipinski definition) is 4. The molecule has 1 aromatic carbocycles. The predicted octanol–water partition coefficient (Wildman–Crippen LogP) is 3.42. The summed E-state index contributed by atoms with van der Waals surface area (Å²) in [6.45, 7) is 0. The van der Waals surface area contributed by atoms with E-state index >= 15 is 0 Å². The molecule has 1 heterocycles. The molecule has 116 valence electrons. The van der Waals surface area contributed by atoms with Gasteiger partial charge in [0.05, 0.1) is 11.2 Å². The third kappa shape index (κ3) is 3.79. The van der Waals surface area contributed by atoms with Crippen molar-refractivity contribution in [3.8, 4) is 5.75 Å². The van der Waals surface area contributed by atoms with Crippen molar-refractivity contribution in [1.82, 2.24) is 5.43 Å². The number of carbonyl (C=O) groups excluding carboxylic acids is 1. The smallest absolute Gasteiger partial charge is 0.449 e. The van der Waals surface area contributed by atoms with Gasteiger partial charge in [0.2, 0.25) is 5.76 Å². The minimum atomic E-state index is -4.59. The molecule has 0 bridgehead atoms. The summed E-state index contributed by atoms with van der Waals surface area (Å²) in [6.07, 6.45) is -3.66. The number of amides is 1. The molecule has 0 atom stereocenters. The number of hydrazone groups is 1. The number of carbonyl (C=O) groups is 1. The first-order valence-corrected chi connectivity index (χ1v) is 6.14. The summed E-state index contributed by atoms with van der Waals surface area (Å²) >= 11 is 5.64. The normalized spacial score (nSPS) is 11.8. The van der Waals surface area contributed by atoms with Gasteiger partial charge < -0.3 is 9.52 Å². The Kier molecular flexibility index (Phi) is 4.41. The first-order valence-electron chi connectivity index (χ1n) is 5.76. The van der Waals surface area contributed by atoms with Crippen molar-refractivity contribution in [2.45, 2.75) is 6.18 Å². The van der Waals surface area contributed by atoms with Crippen LogP contribution in [0.1, 0.15) is 21.9 Å². The van der Waals surface area contributed by atoms with Gasteiger partial charge in [-0.25, -0.2) is 5.43 Å². The van der Waals surface area contributed by atoms with Gasteiger partial charge in [-0.2, -0.15) is 18.3 Å². The molecular formula is C13H8ClF3N2O3. The topological polar surface area (TPSA) is 74.8 Å². The number of nitrogens with one attached hydrogen (secondary N) is 1. The molecule has 1 aromatic heterocycles. The van der Waals surface area contributed by atoms with Crippen LogP contribution in [-0.2, 0) is 6.18 Å². The summed E-state index contributed by atoms with van der Waals surface area (Å²) in [7, 11) is 0. The molecule has 22 heavy (non-hydrogen) atoms. The third-order valence-corrected chi connectivity index (χ3v) is 2.78. The van der Waals surface area contributed by atoms with Crippen LogP contribution in [-0.4, -0.2) is 17.2 Å². The highest BCUT2D eigenvalue weighted by Gasteiger charge is 2.34. The summed E-state index contributed by atoms with van der Waals surface area (Å²) < 4.78 is 41.4. The largest absolute Gasteiger partial charge is 0.506 e. The molecule has 0 saturated carbocycles. The van der Waals surface area contributed by atoms with Gasteiger partial charge >= 0.3 is 6.18 Å². The van der Waals surface area contributed by atoms with Crippen molar-refractivity contribution >= 4 is 23.7 Å². The van der Waals surface area contributed by atoms with Crippen LogP contribution >= 0.6 is 11.6 Å². The molecular weight excluding hydrogens is 325 g/mol. The zero-order chi connectivity index (χ0) is 16.3. The Balaban J connectivity index is 2.01. The highest BCUT2D eigenvalue weighted by molar-refractivity contribution is 6.32. The van der Waals surface area contributed by atoms with Gasteiger partial charge in [-0.15, -0.1) is 0 Å². The predicted molar refractivity (Wildman–Crippen MR) is 71.9 cm³/mol. The number of nitrogens with zero attached hydrogens (tertiary/aromatic N) is 1. The number of benzene rings is 1. The Morgan fingerprint density at radius 3 is 2.64 bits per heavy atom. The van der Waals surface area contributed by atoms with E-state index in [-0.39, 0.29) is 22.1 Å². The fraction of sp³-hybridized carbons (Fsp3) is 0.0769. The van der Waals surface area contributed by atoms with Crippen molar-refractivity contribution < 1.29 is 27.5 Å².